The fourth-order valence-corrected chi connectivity index (χ4v) is 3.27. The lowest BCUT2D eigenvalue weighted by molar-refractivity contribution is -0.143. The van der Waals surface area contributed by atoms with E-state index in [1.807, 2.05) is 23.1 Å². The summed E-state index contributed by atoms with van der Waals surface area (Å²) in [6, 6.07) is 10.3. The van der Waals surface area contributed by atoms with Gasteiger partial charge in [-0.05, 0) is 31.4 Å². The summed E-state index contributed by atoms with van der Waals surface area (Å²) in [6.45, 7) is 4.25. The van der Waals surface area contributed by atoms with Crippen LogP contribution in [-0.2, 0) is 11.3 Å². The predicted molar refractivity (Wildman–Crippen MR) is 86.7 cm³/mol. The van der Waals surface area contributed by atoms with Crippen molar-refractivity contribution >= 4 is 5.91 Å². The molecule has 0 radical (unpaired) electrons. The minimum absolute atomic E-state index is 0.165. The largest absolute Gasteiger partial charge is 0.338 e. The molecule has 1 fully saturated rings. The van der Waals surface area contributed by atoms with E-state index in [-0.39, 0.29) is 5.41 Å². The van der Waals surface area contributed by atoms with Gasteiger partial charge >= 0.3 is 0 Å². The maximum atomic E-state index is 13.0. The molecule has 1 aliphatic carbocycles. The highest BCUT2D eigenvalue weighted by Crippen LogP contribution is 2.37. The van der Waals surface area contributed by atoms with Gasteiger partial charge in [-0.25, -0.2) is 0 Å². The first-order valence-corrected chi connectivity index (χ1v) is 8.19. The molecular weight excluding hydrogens is 260 g/mol. The van der Waals surface area contributed by atoms with Gasteiger partial charge in [-0.2, -0.15) is 0 Å². The van der Waals surface area contributed by atoms with Crippen LogP contribution in [0.1, 0.15) is 51.0 Å². The number of rotatable bonds is 6. The molecule has 116 valence electrons. The smallest absolute Gasteiger partial charge is 0.228 e. The molecule has 0 saturated heterocycles. The number of nitrogens with zero attached hydrogens (tertiary/aromatic N) is 1. The normalized spacial score (nSPS) is 17.4. The number of hydrogen-bond donors (Lipinski definition) is 1. The number of benzene rings is 1. The molecule has 0 spiro atoms. The van der Waals surface area contributed by atoms with E-state index >= 15 is 0 Å². The molecule has 1 aliphatic rings. The van der Waals surface area contributed by atoms with Gasteiger partial charge in [-0.1, -0.05) is 56.5 Å². The van der Waals surface area contributed by atoms with Gasteiger partial charge in [0, 0.05) is 18.5 Å². The van der Waals surface area contributed by atoms with Gasteiger partial charge in [-0.15, -0.1) is 0 Å². The molecule has 3 heteroatoms. The van der Waals surface area contributed by atoms with Crippen molar-refractivity contribution in [2.45, 2.75) is 52.0 Å². The Kier molecular flexibility index (Phi) is 5.80. The first-order valence-electron chi connectivity index (χ1n) is 8.19. The zero-order chi connectivity index (χ0) is 15.1. The molecule has 1 amide bonds. The van der Waals surface area contributed by atoms with Crippen molar-refractivity contribution in [3.63, 3.8) is 0 Å². The Morgan fingerprint density at radius 3 is 2.48 bits per heavy atom. The van der Waals surface area contributed by atoms with Crippen molar-refractivity contribution in [1.29, 1.82) is 0 Å². The Labute approximate surface area is 128 Å². The van der Waals surface area contributed by atoms with Crippen LogP contribution in [0.5, 0.6) is 0 Å². The minimum atomic E-state index is -0.165. The van der Waals surface area contributed by atoms with Crippen LogP contribution in [0.25, 0.3) is 0 Å². The topological polar surface area (TPSA) is 46.3 Å². The van der Waals surface area contributed by atoms with Crippen molar-refractivity contribution in [1.82, 2.24) is 4.90 Å². The van der Waals surface area contributed by atoms with E-state index < -0.39 is 0 Å². The number of carbonyl (C=O) groups excluding carboxylic acids is 1. The third-order valence-corrected chi connectivity index (χ3v) is 4.61. The van der Waals surface area contributed by atoms with Crippen LogP contribution >= 0.6 is 0 Å². The zero-order valence-corrected chi connectivity index (χ0v) is 13.2. The molecule has 2 rings (SSSR count). The van der Waals surface area contributed by atoms with Crippen LogP contribution in [0.4, 0.5) is 0 Å². The Bertz CT molecular complexity index is 438. The van der Waals surface area contributed by atoms with Gasteiger partial charge in [0.05, 0.1) is 0 Å². The molecule has 0 bridgehead atoms. The standard InChI is InChI=1S/C18H28N2O/c1-18(11-6-3-7-12-18)17(21)20(14-8-13-19)15-16-9-4-2-5-10-16/h2,4-5,9-10H,3,6-8,11-15,19H2,1H3. The molecular formula is C18H28N2O. The summed E-state index contributed by atoms with van der Waals surface area (Å²) in [6.07, 6.45) is 6.55. The van der Waals surface area contributed by atoms with E-state index in [1.165, 1.54) is 24.8 Å². The Hall–Kier alpha value is -1.35. The van der Waals surface area contributed by atoms with Gasteiger partial charge in [0.25, 0.3) is 0 Å². The maximum Gasteiger partial charge on any atom is 0.228 e. The maximum absolute atomic E-state index is 13.0. The number of nitrogens with two attached hydrogens (primary N) is 1. The summed E-state index contributed by atoms with van der Waals surface area (Å²) >= 11 is 0. The second kappa shape index (κ2) is 7.60. The van der Waals surface area contributed by atoms with Crippen LogP contribution in [0, 0.1) is 5.41 Å². The third-order valence-electron chi connectivity index (χ3n) is 4.61. The van der Waals surface area contributed by atoms with Gasteiger partial charge in [-0.3, -0.25) is 4.79 Å². The summed E-state index contributed by atoms with van der Waals surface area (Å²) in [7, 11) is 0. The Balaban J connectivity index is 2.09. The monoisotopic (exact) mass is 288 g/mol. The highest BCUT2D eigenvalue weighted by Gasteiger charge is 2.37. The van der Waals surface area contributed by atoms with Gasteiger partial charge < -0.3 is 10.6 Å². The molecule has 1 aromatic carbocycles. The van der Waals surface area contributed by atoms with Crippen molar-refractivity contribution in [2.75, 3.05) is 13.1 Å². The minimum Gasteiger partial charge on any atom is -0.338 e. The third kappa shape index (κ3) is 4.31. The van der Waals surface area contributed by atoms with E-state index in [4.69, 9.17) is 5.73 Å². The van der Waals surface area contributed by atoms with Crippen molar-refractivity contribution < 1.29 is 4.79 Å². The highest BCUT2D eigenvalue weighted by atomic mass is 16.2. The molecule has 1 saturated carbocycles. The van der Waals surface area contributed by atoms with Crippen LogP contribution < -0.4 is 5.73 Å². The molecule has 0 unspecified atom stereocenters. The van der Waals surface area contributed by atoms with Crippen LogP contribution in [0.15, 0.2) is 30.3 Å². The summed E-state index contributed by atoms with van der Waals surface area (Å²) in [5.41, 5.74) is 6.68. The molecule has 0 aliphatic heterocycles. The van der Waals surface area contributed by atoms with Crippen molar-refractivity contribution in [2.24, 2.45) is 11.1 Å². The lowest BCUT2D eigenvalue weighted by Crippen LogP contribution is -2.43. The van der Waals surface area contributed by atoms with Crippen molar-refractivity contribution in [3.8, 4) is 0 Å². The summed E-state index contributed by atoms with van der Waals surface area (Å²) in [5, 5.41) is 0. The number of amides is 1. The first kappa shape index (κ1) is 16.0. The number of hydrogen-bond acceptors (Lipinski definition) is 2. The average Bonchev–Trinajstić information content (AvgIpc) is 2.52. The lowest BCUT2D eigenvalue weighted by atomic mass is 9.74. The fraction of sp³-hybridized carbons (Fsp3) is 0.611. The summed E-state index contributed by atoms with van der Waals surface area (Å²) in [5.74, 6) is 0.319. The lowest BCUT2D eigenvalue weighted by Gasteiger charge is -2.37. The molecule has 1 aromatic rings. The average molecular weight is 288 g/mol. The van der Waals surface area contributed by atoms with E-state index in [2.05, 4.69) is 19.1 Å². The highest BCUT2D eigenvalue weighted by molar-refractivity contribution is 5.82. The second-order valence-electron chi connectivity index (χ2n) is 6.48. The first-order chi connectivity index (χ1) is 10.2. The quantitative estimate of drug-likeness (QED) is 0.872. The molecule has 0 atom stereocenters. The molecule has 2 N–H and O–H groups in total. The predicted octanol–water partition coefficient (Wildman–Crippen LogP) is 3.33. The van der Waals surface area contributed by atoms with Gasteiger partial charge in [0.1, 0.15) is 0 Å². The molecule has 0 aromatic heterocycles. The summed E-state index contributed by atoms with van der Waals surface area (Å²) in [4.78, 5) is 15.0. The van der Waals surface area contributed by atoms with E-state index in [0.717, 1.165) is 25.8 Å². The van der Waals surface area contributed by atoms with Crippen LogP contribution in [0.3, 0.4) is 0 Å². The zero-order valence-electron chi connectivity index (χ0n) is 13.2. The van der Waals surface area contributed by atoms with Crippen LogP contribution in [-0.4, -0.2) is 23.9 Å². The van der Waals surface area contributed by atoms with E-state index in [1.54, 1.807) is 0 Å². The van der Waals surface area contributed by atoms with E-state index in [9.17, 15) is 4.79 Å². The second-order valence-corrected chi connectivity index (χ2v) is 6.48. The molecule has 21 heavy (non-hydrogen) atoms. The van der Waals surface area contributed by atoms with Gasteiger partial charge in [0.2, 0.25) is 5.91 Å². The summed E-state index contributed by atoms with van der Waals surface area (Å²) < 4.78 is 0. The SMILES string of the molecule is CC1(C(=O)N(CCCN)Cc2ccccc2)CCCCC1. The fourth-order valence-electron chi connectivity index (χ4n) is 3.27. The number of carbonyl (C=O) groups is 1. The van der Waals surface area contributed by atoms with E-state index in [0.29, 0.717) is 19.0 Å². The van der Waals surface area contributed by atoms with Crippen molar-refractivity contribution in [3.05, 3.63) is 35.9 Å². The Morgan fingerprint density at radius 1 is 1.19 bits per heavy atom. The molecule has 3 nitrogen and oxygen atoms in total. The van der Waals surface area contributed by atoms with Gasteiger partial charge in [0.15, 0.2) is 0 Å². The van der Waals surface area contributed by atoms with Crippen LogP contribution in [0.2, 0.25) is 0 Å². The molecule has 0 heterocycles. The Morgan fingerprint density at radius 2 is 1.86 bits per heavy atom.